The monoisotopic (exact) mass is 303 g/mol. The molecule has 3 aromatic rings. The van der Waals surface area contributed by atoms with E-state index in [1.807, 2.05) is 31.3 Å². The second-order valence-corrected chi connectivity index (χ2v) is 5.52. The Hall–Kier alpha value is -2.94. The second kappa shape index (κ2) is 6.44. The first-order valence-corrected chi connectivity index (χ1v) is 7.65. The molecule has 0 unspecified atom stereocenters. The zero-order chi connectivity index (χ0) is 16.2. The molecule has 0 bridgehead atoms. The zero-order valence-electron chi connectivity index (χ0n) is 13.5. The SMILES string of the molecule is CNc1ccc(-c2ccc(N(C)c3ccc(N)cc3)cc2)cc1. The fourth-order valence-corrected chi connectivity index (χ4v) is 2.55. The van der Waals surface area contributed by atoms with Crippen molar-refractivity contribution in [2.24, 2.45) is 0 Å². The van der Waals surface area contributed by atoms with E-state index in [4.69, 9.17) is 5.73 Å². The van der Waals surface area contributed by atoms with E-state index in [2.05, 4.69) is 65.8 Å². The number of benzene rings is 3. The first-order chi connectivity index (χ1) is 11.2. The van der Waals surface area contributed by atoms with Gasteiger partial charge in [-0.05, 0) is 59.7 Å². The van der Waals surface area contributed by atoms with Crippen LogP contribution in [-0.4, -0.2) is 14.1 Å². The number of nitrogens with two attached hydrogens (primary N) is 1. The smallest absolute Gasteiger partial charge is 0.0409 e. The highest BCUT2D eigenvalue weighted by Crippen LogP contribution is 2.28. The Kier molecular flexibility index (Phi) is 4.20. The second-order valence-electron chi connectivity index (χ2n) is 5.52. The molecule has 23 heavy (non-hydrogen) atoms. The van der Waals surface area contributed by atoms with Gasteiger partial charge in [0.2, 0.25) is 0 Å². The molecule has 0 amide bonds. The lowest BCUT2D eigenvalue weighted by molar-refractivity contribution is 1.21. The van der Waals surface area contributed by atoms with Gasteiger partial charge >= 0.3 is 0 Å². The van der Waals surface area contributed by atoms with Crippen molar-refractivity contribution >= 4 is 22.7 Å². The molecule has 116 valence electrons. The lowest BCUT2D eigenvalue weighted by Crippen LogP contribution is -2.09. The number of rotatable bonds is 4. The molecule has 0 aromatic heterocycles. The van der Waals surface area contributed by atoms with E-state index in [9.17, 15) is 0 Å². The molecule has 0 aliphatic carbocycles. The Morgan fingerprint density at radius 3 is 1.61 bits per heavy atom. The molecule has 3 heteroatoms. The Morgan fingerprint density at radius 2 is 1.13 bits per heavy atom. The summed E-state index contributed by atoms with van der Waals surface area (Å²) in [5, 5.41) is 3.14. The van der Waals surface area contributed by atoms with Gasteiger partial charge in [0, 0.05) is 36.8 Å². The predicted molar refractivity (Wildman–Crippen MR) is 100 cm³/mol. The molecule has 0 fully saturated rings. The topological polar surface area (TPSA) is 41.3 Å². The number of nitrogen functional groups attached to an aromatic ring is 1. The number of anilines is 4. The first kappa shape index (κ1) is 15.0. The summed E-state index contributed by atoms with van der Waals surface area (Å²) in [6.45, 7) is 0. The van der Waals surface area contributed by atoms with E-state index in [0.717, 1.165) is 22.7 Å². The minimum absolute atomic E-state index is 0.780. The number of nitrogens with one attached hydrogen (secondary N) is 1. The van der Waals surface area contributed by atoms with Crippen molar-refractivity contribution in [3.63, 3.8) is 0 Å². The van der Waals surface area contributed by atoms with Gasteiger partial charge in [0.15, 0.2) is 0 Å². The van der Waals surface area contributed by atoms with Gasteiger partial charge in [0.1, 0.15) is 0 Å². The van der Waals surface area contributed by atoms with Crippen molar-refractivity contribution in [2.45, 2.75) is 0 Å². The number of nitrogens with zero attached hydrogens (tertiary/aromatic N) is 1. The Bertz CT molecular complexity index is 759. The van der Waals surface area contributed by atoms with Gasteiger partial charge in [-0.3, -0.25) is 0 Å². The van der Waals surface area contributed by atoms with Crippen LogP contribution in [0.1, 0.15) is 0 Å². The molecule has 0 aliphatic heterocycles. The molecule has 0 spiro atoms. The van der Waals surface area contributed by atoms with Gasteiger partial charge in [0.05, 0.1) is 0 Å². The molecular formula is C20H21N3. The quantitative estimate of drug-likeness (QED) is 0.684. The van der Waals surface area contributed by atoms with Crippen LogP contribution in [0.2, 0.25) is 0 Å². The van der Waals surface area contributed by atoms with Gasteiger partial charge in [-0.1, -0.05) is 24.3 Å². The van der Waals surface area contributed by atoms with Crippen LogP contribution >= 0.6 is 0 Å². The third-order valence-corrected chi connectivity index (χ3v) is 4.04. The average molecular weight is 303 g/mol. The van der Waals surface area contributed by atoms with Crippen molar-refractivity contribution in [3.8, 4) is 11.1 Å². The first-order valence-electron chi connectivity index (χ1n) is 7.65. The molecule has 3 aromatic carbocycles. The summed E-state index contributed by atoms with van der Waals surface area (Å²) in [6, 6.07) is 24.9. The lowest BCUT2D eigenvalue weighted by atomic mass is 10.0. The normalized spacial score (nSPS) is 10.3. The highest BCUT2D eigenvalue weighted by Gasteiger charge is 2.04. The van der Waals surface area contributed by atoms with Gasteiger partial charge in [0.25, 0.3) is 0 Å². The molecule has 0 radical (unpaired) electrons. The molecule has 0 saturated heterocycles. The highest BCUT2D eigenvalue weighted by atomic mass is 15.1. The fourth-order valence-electron chi connectivity index (χ4n) is 2.55. The van der Waals surface area contributed by atoms with Crippen LogP contribution in [0.5, 0.6) is 0 Å². The van der Waals surface area contributed by atoms with E-state index < -0.39 is 0 Å². The van der Waals surface area contributed by atoms with Gasteiger partial charge in [-0.15, -0.1) is 0 Å². The van der Waals surface area contributed by atoms with Crippen molar-refractivity contribution < 1.29 is 0 Å². The summed E-state index contributed by atoms with van der Waals surface area (Å²) in [6.07, 6.45) is 0. The van der Waals surface area contributed by atoms with Crippen LogP contribution < -0.4 is 16.0 Å². The Balaban J connectivity index is 1.82. The summed E-state index contributed by atoms with van der Waals surface area (Å²) in [5.41, 5.74) is 12.3. The third-order valence-electron chi connectivity index (χ3n) is 4.04. The maximum Gasteiger partial charge on any atom is 0.0409 e. The summed E-state index contributed by atoms with van der Waals surface area (Å²) >= 11 is 0. The molecule has 0 heterocycles. The summed E-state index contributed by atoms with van der Waals surface area (Å²) < 4.78 is 0. The number of hydrogen-bond donors (Lipinski definition) is 2. The minimum atomic E-state index is 0.780. The highest BCUT2D eigenvalue weighted by molar-refractivity contribution is 5.71. The van der Waals surface area contributed by atoms with E-state index in [1.54, 1.807) is 0 Å². The zero-order valence-corrected chi connectivity index (χ0v) is 13.5. The average Bonchev–Trinajstić information content (AvgIpc) is 2.62. The molecule has 3 rings (SSSR count). The van der Waals surface area contributed by atoms with E-state index in [1.165, 1.54) is 11.1 Å². The van der Waals surface area contributed by atoms with Gasteiger partial charge in [-0.2, -0.15) is 0 Å². The molecule has 0 atom stereocenters. The van der Waals surface area contributed by atoms with Crippen LogP contribution in [0.15, 0.2) is 72.8 Å². The largest absolute Gasteiger partial charge is 0.399 e. The van der Waals surface area contributed by atoms with Crippen LogP contribution in [-0.2, 0) is 0 Å². The maximum absolute atomic E-state index is 5.75. The summed E-state index contributed by atoms with van der Waals surface area (Å²) in [5.74, 6) is 0. The molecule has 0 aliphatic rings. The van der Waals surface area contributed by atoms with Crippen molar-refractivity contribution in [1.29, 1.82) is 0 Å². The van der Waals surface area contributed by atoms with E-state index in [-0.39, 0.29) is 0 Å². The predicted octanol–water partition coefficient (Wildman–Crippen LogP) is 4.75. The van der Waals surface area contributed by atoms with Crippen molar-refractivity contribution in [1.82, 2.24) is 0 Å². The molecule has 0 saturated carbocycles. The van der Waals surface area contributed by atoms with Crippen LogP contribution in [0, 0.1) is 0 Å². The summed E-state index contributed by atoms with van der Waals surface area (Å²) in [4.78, 5) is 2.15. The van der Waals surface area contributed by atoms with Crippen LogP contribution in [0.25, 0.3) is 11.1 Å². The molecular weight excluding hydrogens is 282 g/mol. The van der Waals surface area contributed by atoms with Gasteiger partial charge in [-0.25, -0.2) is 0 Å². The van der Waals surface area contributed by atoms with Crippen LogP contribution in [0.4, 0.5) is 22.7 Å². The molecule has 3 nitrogen and oxygen atoms in total. The summed E-state index contributed by atoms with van der Waals surface area (Å²) in [7, 11) is 3.99. The lowest BCUT2D eigenvalue weighted by Gasteiger charge is -2.20. The molecule has 3 N–H and O–H groups in total. The van der Waals surface area contributed by atoms with Gasteiger partial charge < -0.3 is 16.0 Å². The van der Waals surface area contributed by atoms with Crippen molar-refractivity contribution in [3.05, 3.63) is 72.8 Å². The number of hydrogen-bond acceptors (Lipinski definition) is 3. The van der Waals surface area contributed by atoms with E-state index in [0.29, 0.717) is 0 Å². The minimum Gasteiger partial charge on any atom is -0.399 e. The van der Waals surface area contributed by atoms with E-state index >= 15 is 0 Å². The Morgan fingerprint density at radius 1 is 0.696 bits per heavy atom. The third kappa shape index (κ3) is 3.29. The Labute approximate surface area is 137 Å². The van der Waals surface area contributed by atoms with Crippen LogP contribution in [0.3, 0.4) is 0 Å². The maximum atomic E-state index is 5.75. The van der Waals surface area contributed by atoms with Crippen molar-refractivity contribution in [2.75, 3.05) is 30.0 Å². The fraction of sp³-hybridized carbons (Fsp3) is 0.100. The standard InChI is InChI=1S/C20H21N3/c1-22-18-9-3-15(4-10-18)16-5-11-19(12-6-16)23(2)20-13-7-17(21)8-14-20/h3-14,22H,21H2,1-2H3.